The quantitative estimate of drug-likeness (QED) is 0.657. The summed E-state index contributed by atoms with van der Waals surface area (Å²) in [4.78, 5) is 18.5. The van der Waals surface area contributed by atoms with Crippen molar-refractivity contribution in [3.05, 3.63) is 66.2 Å². The molecule has 1 atom stereocenters. The molecule has 31 heavy (non-hydrogen) atoms. The standard InChI is InChI=1S/C23H27N5O3/c1-16(17-5-8-19(9-6-17)28-14-24-13-26-28)27(4)22(29)25-12-23(2,3)18-7-10-20-21(11-18)31-15-30-20/h5-11,13-14,16H,12,15H2,1-4H3,(H,25,29). The van der Waals surface area contributed by atoms with E-state index in [0.29, 0.717) is 6.54 Å². The molecule has 4 rings (SSSR count). The van der Waals surface area contributed by atoms with Crippen molar-refractivity contribution in [2.24, 2.45) is 0 Å². The second-order valence-electron chi connectivity index (χ2n) is 8.33. The Hall–Kier alpha value is -3.55. The number of fused-ring (bicyclic) bond motifs is 1. The average molecular weight is 422 g/mol. The molecule has 0 saturated carbocycles. The third kappa shape index (κ3) is 4.33. The molecule has 0 bridgehead atoms. The van der Waals surface area contributed by atoms with E-state index in [1.807, 2.05) is 49.4 Å². The highest BCUT2D eigenvalue weighted by atomic mass is 16.7. The smallest absolute Gasteiger partial charge is 0.317 e. The first-order valence-electron chi connectivity index (χ1n) is 10.2. The van der Waals surface area contributed by atoms with E-state index in [4.69, 9.17) is 9.47 Å². The number of aromatic nitrogens is 3. The first-order valence-corrected chi connectivity index (χ1v) is 10.2. The molecule has 2 amide bonds. The van der Waals surface area contributed by atoms with Crippen LogP contribution >= 0.6 is 0 Å². The van der Waals surface area contributed by atoms with Crippen LogP contribution in [0.25, 0.3) is 5.69 Å². The summed E-state index contributed by atoms with van der Waals surface area (Å²) < 4.78 is 12.6. The van der Waals surface area contributed by atoms with Gasteiger partial charge in [-0.2, -0.15) is 5.10 Å². The number of carbonyl (C=O) groups excluding carboxylic acids is 1. The topological polar surface area (TPSA) is 81.5 Å². The maximum Gasteiger partial charge on any atom is 0.317 e. The van der Waals surface area contributed by atoms with Gasteiger partial charge < -0.3 is 19.7 Å². The Balaban J connectivity index is 1.37. The molecule has 1 aromatic heterocycles. The van der Waals surface area contributed by atoms with Crippen LogP contribution in [0.2, 0.25) is 0 Å². The molecular weight excluding hydrogens is 394 g/mol. The van der Waals surface area contributed by atoms with Crippen molar-refractivity contribution in [3.8, 4) is 17.2 Å². The molecule has 0 fully saturated rings. The van der Waals surface area contributed by atoms with E-state index in [2.05, 4.69) is 29.2 Å². The third-order valence-corrected chi connectivity index (χ3v) is 5.80. The summed E-state index contributed by atoms with van der Waals surface area (Å²) in [7, 11) is 1.80. The molecule has 162 valence electrons. The van der Waals surface area contributed by atoms with Crippen LogP contribution in [-0.2, 0) is 5.41 Å². The third-order valence-electron chi connectivity index (χ3n) is 5.80. The van der Waals surface area contributed by atoms with Gasteiger partial charge in [0.25, 0.3) is 0 Å². The molecule has 8 heteroatoms. The van der Waals surface area contributed by atoms with Gasteiger partial charge in [-0.15, -0.1) is 0 Å². The summed E-state index contributed by atoms with van der Waals surface area (Å²) in [6.07, 6.45) is 3.15. The van der Waals surface area contributed by atoms with Crippen LogP contribution < -0.4 is 14.8 Å². The zero-order chi connectivity index (χ0) is 22.0. The number of benzene rings is 2. The van der Waals surface area contributed by atoms with Gasteiger partial charge in [0.15, 0.2) is 11.5 Å². The first-order chi connectivity index (χ1) is 14.8. The van der Waals surface area contributed by atoms with Gasteiger partial charge in [0.05, 0.1) is 11.7 Å². The summed E-state index contributed by atoms with van der Waals surface area (Å²) in [5.74, 6) is 1.50. The number of nitrogens with one attached hydrogen (secondary N) is 1. The zero-order valence-corrected chi connectivity index (χ0v) is 18.2. The van der Waals surface area contributed by atoms with Crippen LogP contribution in [0.3, 0.4) is 0 Å². The number of amides is 2. The van der Waals surface area contributed by atoms with Crippen molar-refractivity contribution in [2.45, 2.75) is 32.2 Å². The van der Waals surface area contributed by atoms with E-state index >= 15 is 0 Å². The summed E-state index contributed by atoms with van der Waals surface area (Å²) in [6.45, 7) is 6.94. The Kier molecular flexibility index (Phi) is 5.54. The maximum absolute atomic E-state index is 12.8. The monoisotopic (exact) mass is 421 g/mol. The second kappa shape index (κ2) is 8.29. The number of urea groups is 1. The fraction of sp³-hybridized carbons (Fsp3) is 0.348. The molecule has 8 nitrogen and oxygen atoms in total. The predicted molar refractivity (Wildman–Crippen MR) is 117 cm³/mol. The van der Waals surface area contributed by atoms with E-state index in [0.717, 1.165) is 28.3 Å². The Morgan fingerprint density at radius 2 is 1.94 bits per heavy atom. The molecule has 0 aliphatic carbocycles. The van der Waals surface area contributed by atoms with Gasteiger partial charge in [-0.05, 0) is 42.3 Å². The van der Waals surface area contributed by atoms with E-state index < -0.39 is 0 Å². The molecule has 0 radical (unpaired) electrons. The van der Waals surface area contributed by atoms with Gasteiger partial charge in [-0.25, -0.2) is 14.5 Å². The van der Waals surface area contributed by atoms with Gasteiger partial charge in [-0.1, -0.05) is 32.0 Å². The molecule has 2 aromatic carbocycles. The molecule has 1 aliphatic heterocycles. The van der Waals surface area contributed by atoms with Crippen LogP contribution in [0.4, 0.5) is 4.79 Å². The first kappa shape index (κ1) is 20.7. The van der Waals surface area contributed by atoms with Crippen molar-refractivity contribution >= 4 is 6.03 Å². The Labute approximate surface area is 181 Å². The molecule has 3 aromatic rings. The van der Waals surface area contributed by atoms with Gasteiger partial charge in [0, 0.05) is 19.0 Å². The van der Waals surface area contributed by atoms with Gasteiger partial charge in [0.2, 0.25) is 6.79 Å². The van der Waals surface area contributed by atoms with Crippen molar-refractivity contribution in [1.82, 2.24) is 25.0 Å². The van der Waals surface area contributed by atoms with Gasteiger partial charge in [-0.3, -0.25) is 0 Å². The van der Waals surface area contributed by atoms with Crippen LogP contribution in [0.15, 0.2) is 55.1 Å². The lowest BCUT2D eigenvalue weighted by atomic mass is 9.84. The summed E-state index contributed by atoms with van der Waals surface area (Å²) in [5.41, 5.74) is 2.78. The molecule has 1 aliphatic rings. The average Bonchev–Trinajstić information content (AvgIpc) is 3.48. The summed E-state index contributed by atoms with van der Waals surface area (Å²) in [5, 5.41) is 7.20. The number of hydrogen-bond acceptors (Lipinski definition) is 5. The van der Waals surface area contributed by atoms with Crippen LogP contribution in [-0.4, -0.2) is 46.1 Å². The zero-order valence-electron chi connectivity index (χ0n) is 18.2. The van der Waals surface area contributed by atoms with Crippen molar-refractivity contribution in [1.29, 1.82) is 0 Å². The Morgan fingerprint density at radius 3 is 2.65 bits per heavy atom. The molecule has 1 N–H and O–H groups in total. The number of carbonyl (C=O) groups is 1. The highest BCUT2D eigenvalue weighted by Crippen LogP contribution is 2.36. The van der Waals surface area contributed by atoms with E-state index in [1.54, 1.807) is 23.0 Å². The minimum atomic E-state index is -0.264. The minimum Gasteiger partial charge on any atom is -0.454 e. The van der Waals surface area contributed by atoms with Crippen LogP contribution in [0.1, 0.15) is 37.9 Å². The fourth-order valence-electron chi connectivity index (χ4n) is 3.49. The van der Waals surface area contributed by atoms with Crippen LogP contribution in [0, 0.1) is 0 Å². The number of hydrogen-bond donors (Lipinski definition) is 1. The van der Waals surface area contributed by atoms with Gasteiger partial charge in [0.1, 0.15) is 12.7 Å². The second-order valence-corrected chi connectivity index (χ2v) is 8.33. The Morgan fingerprint density at radius 1 is 1.19 bits per heavy atom. The predicted octanol–water partition coefficient (Wildman–Crippen LogP) is 3.68. The molecule has 0 saturated heterocycles. The summed E-state index contributed by atoms with van der Waals surface area (Å²) >= 11 is 0. The fourth-order valence-corrected chi connectivity index (χ4v) is 3.49. The molecular formula is C23H27N5O3. The number of nitrogens with zero attached hydrogens (tertiary/aromatic N) is 4. The lowest BCUT2D eigenvalue weighted by molar-refractivity contribution is 0.174. The van der Waals surface area contributed by atoms with Crippen molar-refractivity contribution in [2.75, 3.05) is 20.4 Å². The maximum atomic E-state index is 12.8. The number of rotatable bonds is 6. The normalized spacial score (nSPS) is 13.7. The minimum absolute atomic E-state index is 0.0848. The van der Waals surface area contributed by atoms with E-state index in [-0.39, 0.29) is 24.3 Å². The molecule has 2 heterocycles. The lowest BCUT2D eigenvalue weighted by Crippen LogP contribution is -2.44. The molecule has 0 spiro atoms. The largest absolute Gasteiger partial charge is 0.454 e. The highest BCUT2D eigenvalue weighted by molar-refractivity contribution is 5.74. The lowest BCUT2D eigenvalue weighted by Gasteiger charge is -2.30. The summed E-state index contributed by atoms with van der Waals surface area (Å²) in [6, 6.07) is 13.6. The molecule has 1 unspecified atom stereocenters. The highest BCUT2D eigenvalue weighted by Gasteiger charge is 2.26. The number of ether oxygens (including phenoxy) is 2. The van der Waals surface area contributed by atoms with Crippen molar-refractivity contribution < 1.29 is 14.3 Å². The van der Waals surface area contributed by atoms with E-state index in [9.17, 15) is 4.79 Å². The SMILES string of the molecule is CC(c1ccc(-n2cncn2)cc1)N(C)C(=O)NCC(C)(C)c1ccc2c(c1)OCO2. The van der Waals surface area contributed by atoms with Crippen molar-refractivity contribution in [3.63, 3.8) is 0 Å². The van der Waals surface area contributed by atoms with Crippen LogP contribution in [0.5, 0.6) is 11.5 Å². The van der Waals surface area contributed by atoms with Gasteiger partial charge >= 0.3 is 6.03 Å². The Bertz CT molecular complexity index is 1050. The van der Waals surface area contributed by atoms with E-state index in [1.165, 1.54) is 6.33 Å².